The highest BCUT2D eigenvalue weighted by Gasteiger charge is 2.42. The van der Waals surface area contributed by atoms with Crippen LogP contribution in [0.5, 0.6) is 11.5 Å². The number of hydrogen-bond acceptors (Lipinski definition) is 5. The average Bonchev–Trinajstić information content (AvgIpc) is 2.94. The Morgan fingerprint density at radius 1 is 0.821 bits per heavy atom. The standard InChI is InChI=1S/C34H35NO4/c1-4-38-31-19-23(17-18-30(31)39-20-25-21(2)15-16-22-9-5-6-10-24(22)25)32-33-26(11-7-13-28(33)36)35(3)27-12-8-14-29(37)34(27)32/h5-6,9-10,15-19,32H,4,7-8,11-14,20H2,1-3H3. The van der Waals surface area contributed by atoms with Crippen molar-refractivity contribution in [2.75, 3.05) is 13.7 Å². The van der Waals surface area contributed by atoms with Crippen LogP contribution in [0.25, 0.3) is 10.8 Å². The first-order valence-electron chi connectivity index (χ1n) is 14.1. The largest absolute Gasteiger partial charge is 0.490 e. The van der Waals surface area contributed by atoms with Gasteiger partial charge in [0.2, 0.25) is 0 Å². The molecule has 5 nitrogen and oxygen atoms in total. The van der Waals surface area contributed by atoms with Gasteiger partial charge in [0.05, 0.1) is 6.61 Å². The van der Waals surface area contributed by atoms with Crippen LogP contribution in [0.1, 0.15) is 68.1 Å². The monoisotopic (exact) mass is 521 g/mol. The fourth-order valence-electron chi connectivity index (χ4n) is 6.56. The molecule has 0 spiro atoms. The van der Waals surface area contributed by atoms with E-state index in [-0.39, 0.29) is 17.5 Å². The van der Waals surface area contributed by atoms with Gasteiger partial charge in [0, 0.05) is 53.9 Å². The maximum Gasteiger partial charge on any atom is 0.161 e. The Balaban J connectivity index is 1.40. The fourth-order valence-corrected chi connectivity index (χ4v) is 6.56. The van der Waals surface area contributed by atoms with Crippen molar-refractivity contribution in [2.24, 2.45) is 0 Å². The van der Waals surface area contributed by atoms with Gasteiger partial charge < -0.3 is 14.4 Å². The number of hydrogen-bond donors (Lipinski definition) is 0. The number of ketones is 2. The SMILES string of the molecule is CCOc1cc(C2C3=C(CCCC3=O)N(C)C3=C2C(=O)CCC3)ccc1OCc1c(C)ccc2ccccc12. The lowest BCUT2D eigenvalue weighted by Gasteiger charge is -2.42. The predicted molar refractivity (Wildman–Crippen MR) is 153 cm³/mol. The summed E-state index contributed by atoms with van der Waals surface area (Å²) in [5.74, 6) is 1.27. The molecule has 0 N–H and O–H groups in total. The molecule has 0 aromatic heterocycles. The number of carbonyl (C=O) groups excluding carboxylic acids is 2. The lowest BCUT2D eigenvalue weighted by Crippen LogP contribution is -2.37. The number of Topliss-reactive ketones (excluding diaryl/α,β-unsaturated/α-hetero) is 2. The molecule has 1 aliphatic heterocycles. The minimum atomic E-state index is -0.347. The zero-order chi connectivity index (χ0) is 27.1. The fraction of sp³-hybridized carbons (Fsp3) is 0.353. The summed E-state index contributed by atoms with van der Waals surface area (Å²) in [5.41, 5.74) is 7.00. The summed E-state index contributed by atoms with van der Waals surface area (Å²) >= 11 is 0. The van der Waals surface area contributed by atoms with Crippen LogP contribution in [0.2, 0.25) is 0 Å². The summed E-state index contributed by atoms with van der Waals surface area (Å²) in [7, 11) is 2.02. The van der Waals surface area contributed by atoms with Crippen molar-refractivity contribution in [2.45, 2.75) is 64.9 Å². The van der Waals surface area contributed by atoms with E-state index in [0.717, 1.165) is 59.4 Å². The minimum Gasteiger partial charge on any atom is -0.490 e. The Morgan fingerprint density at radius 3 is 2.21 bits per heavy atom. The third kappa shape index (κ3) is 4.44. The minimum absolute atomic E-state index is 0.155. The second-order valence-electron chi connectivity index (χ2n) is 10.8. The van der Waals surface area contributed by atoms with Crippen molar-refractivity contribution in [1.29, 1.82) is 0 Å². The molecule has 2 aliphatic carbocycles. The van der Waals surface area contributed by atoms with Crippen molar-refractivity contribution in [3.63, 3.8) is 0 Å². The van der Waals surface area contributed by atoms with Crippen LogP contribution >= 0.6 is 0 Å². The molecule has 0 saturated carbocycles. The molecule has 1 heterocycles. The molecular weight excluding hydrogens is 486 g/mol. The molecule has 200 valence electrons. The Bertz CT molecular complexity index is 1500. The van der Waals surface area contributed by atoms with Gasteiger partial charge in [-0.05, 0) is 73.6 Å². The van der Waals surface area contributed by atoms with Gasteiger partial charge >= 0.3 is 0 Å². The number of carbonyl (C=O) groups is 2. The smallest absolute Gasteiger partial charge is 0.161 e. The lowest BCUT2D eigenvalue weighted by molar-refractivity contribution is -0.117. The normalized spacial score (nSPS) is 18.0. The third-order valence-corrected chi connectivity index (χ3v) is 8.49. The Labute approximate surface area is 230 Å². The number of allylic oxidation sites excluding steroid dienone is 4. The Hall–Kier alpha value is -3.86. The van der Waals surface area contributed by atoms with Crippen LogP contribution in [0.3, 0.4) is 0 Å². The second kappa shape index (κ2) is 10.4. The molecule has 0 radical (unpaired) electrons. The van der Waals surface area contributed by atoms with Gasteiger partial charge in [0.25, 0.3) is 0 Å². The molecule has 6 rings (SSSR count). The summed E-state index contributed by atoms with van der Waals surface area (Å²) in [6, 6.07) is 18.6. The van der Waals surface area contributed by atoms with E-state index in [4.69, 9.17) is 9.47 Å². The Kier molecular flexibility index (Phi) is 6.76. The van der Waals surface area contributed by atoms with E-state index in [1.54, 1.807) is 0 Å². The molecule has 3 aromatic carbocycles. The quantitative estimate of drug-likeness (QED) is 0.344. The van der Waals surface area contributed by atoms with Crippen LogP contribution in [0, 0.1) is 6.92 Å². The van der Waals surface area contributed by atoms with Gasteiger partial charge in [-0.3, -0.25) is 9.59 Å². The van der Waals surface area contributed by atoms with Crippen LogP contribution in [-0.2, 0) is 16.2 Å². The predicted octanol–water partition coefficient (Wildman–Crippen LogP) is 7.17. The average molecular weight is 522 g/mol. The van der Waals surface area contributed by atoms with Crippen LogP contribution < -0.4 is 9.47 Å². The van der Waals surface area contributed by atoms with E-state index in [2.05, 4.69) is 42.2 Å². The topological polar surface area (TPSA) is 55.8 Å². The number of nitrogens with zero attached hydrogens (tertiary/aromatic N) is 1. The van der Waals surface area contributed by atoms with E-state index in [9.17, 15) is 9.59 Å². The molecule has 0 amide bonds. The molecular formula is C34H35NO4. The van der Waals surface area contributed by atoms with E-state index in [1.807, 2.05) is 38.2 Å². The van der Waals surface area contributed by atoms with Crippen molar-refractivity contribution < 1.29 is 19.1 Å². The van der Waals surface area contributed by atoms with Crippen molar-refractivity contribution in [1.82, 2.24) is 4.90 Å². The number of benzene rings is 3. The third-order valence-electron chi connectivity index (χ3n) is 8.49. The molecule has 3 aliphatic rings. The highest BCUT2D eigenvalue weighted by Crippen LogP contribution is 2.49. The van der Waals surface area contributed by atoms with E-state index in [1.165, 1.54) is 16.3 Å². The summed E-state index contributed by atoms with van der Waals surface area (Å²) in [4.78, 5) is 28.8. The molecule has 0 fully saturated rings. The number of rotatable bonds is 6. The van der Waals surface area contributed by atoms with Crippen molar-refractivity contribution in [3.05, 3.63) is 93.8 Å². The van der Waals surface area contributed by atoms with Gasteiger partial charge in [-0.15, -0.1) is 0 Å². The number of aryl methyl sites for hydroxylation is 1. The molecule has 0 atom stereocenters. The summed E-state index contributed by atoms with van der Waals surface area (Å²) in [6.45, 7) is 4.97. The van der Waals surface area contributed by atoms with Gasteiger partial charge in [0.1, 0.15) is 6.61 Å². The van der Waals surface area contributed by atoms with Crippen molar-refractivity contribution in [3.8, 4) is 11.5 Å². The number of fused-ring (bicyclic) bond motifs is 1. The molecule has 3 aromatic rings. The first kappa shape index (κ1) is 25.4. The summed E-state index contributed by atoms with van der Waals surface area (Å²) in [5, 5.41) is 2.37. The van der Waals surface area contributed by atoms with Crippen molar-refractivity contribution >= 4 is 22.3 Å². The highest BCUT2D eigenvalue weighted by atomic mass is 16.5. The molecule has 5 heteroatoms. The van der Waals surface area contributed by atoms with Gasteiger partial charge in [-0.1, -0.05) is 42.5 Å². The molecule has 0 bridgehead atoms. The number of ether oxygens (including phenoxy) is 2. The lowest BCUT2D eigenvalue weighted by atomic mass is 9.71. The van der Waals surface area contributed by atoms with Crippen LogP contribution in [0.4, 0.5) is 0 Å². The van der Waals surface area contributed by atoms with E-state index < -0.39 is 0 Å². The summed E-state index contributed by atoms with van der Waals surface area (Å²) in [6.07, 6.45) is 4.51. The Morgan fingerprint density at radius 2 is 1.51 bits per heavy atom. The zero-order valence-electron chi connectivity index (χ0n) is 23.0. The summed E-state index contributed by atoms with van der Waals surface area (Å²) < 4.78 is 12.5. The molecule has 0 unspecified atom stereocenters. The molecule has 0 saturated heterocycles. The second-order valence-corrected chi connectivity index (χ2v) is 10.8. The maximum atomic E-state index is 13.3. The van der Waals surface area contributed by atoms with Crippen LogP contribution in [0.15, 0.2) is 77.1 Å². The van der Waals surface area contributed by atoms with Gasteiger partial charge in [-0.25, -0.2) is 0 Å². The van der Waals surface area contributed by atoms with Gasteiger partial charge in [-0.2, -0.15) is 0 Å². The first-order chi connectivity index (χ1) is 19.0. The van der Waals surface area contributed by atoms with E-state index >= 15 is 0 Å². The first-order valence-corrected chi connectivity index (χ1v) is 14.1. The maximum absolute atomic E-state index is 13.3. The zero-order valence-corrected chi connectivity index (χ0v) is 23.0. The highest BCUT2D eigenvalue weighted by molar-refractivity contribution is 6.06. The van der Waals surface area contributed by atoms with E-state index in [0.29, 0.717) is 37.6 Å². The molecule has 39 heavy (non-hydrogen) atoms. The van der Waals surface area contributed by atoms with Gasteiger partial charge in [0.15, 0.2) is 23.1 Å². The van der Waals surface area contributed by atoms with Crippen LogP contribution in [-0.4, -0.2) is 30.1 Å².